The molecule has 3 heteroatoms. The average molecular weight is 237 g/mol. The van der Waals surface area contributed by atoms with E-state index in [9.17, 15) is 8.78 Å². The highest BCUT2D eigenvalue weighted by Crippen LogP contribution is 2.58. The zero-order chi connectivity index (χ0) is 12.0. The van der Waals surface area contributed by atoms with Gasteiger partial charge in [-0.05, 0) is 48.6 Å². The highest BCUT2D eigenvalue weighted by atomic mass is 19.1. The van der Waals surface area contributed by atoms with Crippen molar-refractivity contribution in [2.75, 3.05) is 0 Å². The van der Waals surface area contributed by atoms with Gasteiger partial charge in [-0.25, -0.2) is 8.78 Å². The molecule has 0 amide bonds. The number of hydrogen-bond donors (Lipinski definition) is 1. The Labute approximate surface area is 100 Å². The minimum Gasteiger partial charge on any atom is -0.327 e. The van der Waals surface area contributed by atoms with Crippen molar-refractivity contribution in [1.82, 2.24) is 0 Å². The second-order valence-electron chi connectivity index (χ2n) is 5.44. The van der Waals surface area contributed by atoms with Crippen LogP contribution in [0.25, 0.3) is 0 Å². The molecule has 2 saturated carbocycles. The van der Waals surface area contributed by atoms with E-state index >= 15 is 0 Å². The predicted octanol–water partition coefficient (Wildman–Crippen LogP) is 2.88. The van der Waals surface area contributed by atoms with Gasteiger partial charge in [-0.3, -0.25) is 0 Å². The van der Waals surface area contributed by atoms with Crippen LogP contribution in [0.1, 0.15) is 24.8 Å². The summed E-state index contributed by atoms with van der Waals surface area (Å²) < 4.78 is 26.3. The summed E-state index contributed by atoms with van der Waals surface area (Å²) in [4.78, 5) is 0. The van der Waals surface area contributed by atoms with E-state index in [-0.39, 0.29) is 6.04 Å². The number of fused-ring (bicyclic) bond motifs is 1. The third kappa shape index (κ3) is 1.97. The summed E-state index contributed by atoms with van der Waals surface area (Å²) in [6, 6.07) is 3.79. The van der Waals surface area contributed by atoms with Crippen LogP contribution in [0.4, 0.5) is 8.78 Å². The van der Waals surface area contributed by atoms with Gasteiger partial charge in [0.1, 0.15) is 11.6 Å². The highest BCUT2D eigenvalue weighted by molar-refractivity contribution is 5.21. The van der Waals surface area contributed by atoms with E-state index < -0.39 is 11.6 Å². The number of benzene rings is 1. The second kappa shape index (κ2) is 4.05. The van der Waals surface area contributed by atoms with Gasteiger partial charge in [0.25, 0.3) is 0 Å². The molecule has 0 aliphatic heterocycles. The first-order valence-corrected chi connectivity index (χ1v) is 6.36. The fraction of sp³-hybridized carbons (Fsp3) is 0.571. The lowest BCUT2D eigenvalue weighted by Gasteiger charge is -2.14. The van der Waals surface area contributed by atoms with Crippen LogP contribution in [0.2, 0.25) is 0 Å². The van der Waals surface area contributed by atoms with Crippen molar-refractivity contribution in [2.45, 2.75) is 31.7 Å². The van der Waals surface area contributed by atoms with Crippen molar-refractivity contribution < 1.29 is 8.78 Å². The lowest BCUT2D eigenvalue weighted by atomic mass is 9.98. The van der Waals surface area contributed by atoms with Crippen LogP contribution in [0.3, 0.4) is 0 Å². The number of halogens is 2. The van der Waals surface area contributed by atoms with Crippen LogP contribution >= 0.6 is 0 Å². The SMILES string of the molecule is NC(Cc1ccc(F)cc1F)C1C2CCCC21. The Morgan fingerprint density at radius 2 is 1.94 bits per heavy atom. The molecule has 0 bridgehead atoms. The molecule has 3 rings (SSSR count). The Kier molecular flexibility index (Phi) is 2.66. The van der Waals surface area contributed by atoms with Crippen molar-refractivity contribution >= 4 is 0 Å². The quantitative estimate of drug-likeness (QED) is 0.859. The van der Waals surface area contributed by atoms with Gasteiger partial charge in [0.05, 0.1) is 0 Å². The second-order valence-corrected chi connectivity index (χ2v) is 5.44. The maximum atomic E-state index is 13.5. The molecule has 1 aromatic carbocycles. The summed E-state index contributed by atoms with van der Waals surface area (Å²) in [5, 5.41) is 0. The van der Waals surface area contributed by atoms with Gasteiger partial charge < -0.3 is 5.73 Å². The van der Waals surface area contributed by atoms with Crippen molar-refractivity contribution in [3.05, 3.63) is 35.4 Å². The minimum absolute atomic E-state index is 0.0326. The zero-order valence-electron chi connectivity index (χ0n) is 9.70. The summed E-state index contributed by atoms with van der Waals surface area (Å²) in [7, 11) is 0. The Bertz CT molecular complexity index is 422. The number of nitrogens with two attached hydrogens (primary N) is 1. The molecular weight excluding hydrogens is 220 g/mol. The van der Waals surface area contributed by atoms with E-state index in [0.717, 1.165) is 17.9 Å². The summed E-state index contributed by atoms with van der Waals surface area (Å²) in [5.41, 5.74) is 6.69. The Morgan fingerprint density at radius 3 is 2.59 bits per heavy atom. The summed E-state index contributed by atoms with van der Waals surface area (Å²) in [5.74, 6) is 1.16. The van der Waals surface area contributed by atoms with Gasteiger partial charge in [-0.2, -0.15) is 0 Å². The number of rotatable bonds is 3. The van der Waals surface area contributed by atoms with Crippen LogP contribution in [0, 0.1) is 29.4 Å². The third-order valence-electron chi connectivity index (χ3n) is 4.44. The van der Waals surface area contributed by atoms with Gasteiger partial charge in [-0.1, -0.05) is 12.5 Å². The van der Waals surface area contributed by atoms with E-state index in [2.05, 4.69) is 0 Å². The molecular formula is C14H17F2N. The topological polar surface area (TPSA) is 26.0 Å². The molecule has 2 aliphatic carbocycles. The normalized spacial score (nSPS) is 32.3. The lowest BCUT2D eigenvalue weighted by molar-refractivity contribution is 0.474. The molecule has 0 aromatic heterocycles. The molecule has 2 aliphatic rings. The fourth-order valence-corrected chi connectivity index (χ4v) is 3.59. The van der Waals surface area contributed by atoms with Crippen LogP contribution in [-0.4, -0.2) is 6.04 Å². The highest BCUT2D eigenvalue weighted by Gasteiger charge is 2.54. The molecule has 17 heavy (non-hydrogen) atoms. The molecule has 1 nitrogen and oxygen atoms in total. The molecule has 1 aromatic rings. The van der Waals surface area contributed by atoms with Gasteiger partial charge in [-0.15, -0.1) is 0 Å². The third-order valence-corrected chi connectivity index (χ3v) is 4.44. The lowest BCUT2D eigenvalue weighted by Crippen LogP contribution is -2.27. The molecule has 3 atom stereocenters. The summed E-state index contributed by atoms with van der Waals surface area (Å²) >= 11 is 0. The van der Waals surface area contributed by atoms with Crippen LogP contribution < -0.4 is 5.73 Å². The molecule has 0 radical (unpaired) electrons. The Hall–Kier alpha value is -0.960. The molecule has 0 saturated heterocycles. The molecule has 0 heterocycles. The Morgan fingerprint density at radius 1 is 1.24 bits per heavy atom. The van der Waals surface area contributed by atoms with Crippen molar-refractivity contribution in [3.8, 4) is 0 Å². The first-order valence-electron chi connectivity index (χ1n) is 6.36. The van der Waals surface area contributed by atoms with Crippen molar-refractivity contribution in [2.24, 2.45) is 23.5 Å². The van der Waals surface area contributed by atoms with E-state index in [1.807, 2.05) is 0 Å². The summed E-state index contributed by atoms with van der Waals surface area (Å²) in [6.45, 7) is 0. The van der Waals surface area contributed by atoms with Crippen LogP contribution in [0.5, 0.6) is 0 Å². The average Bonchev–Trinajstić information content (AvgIpc) is 2.77. The minimum atomic E-state index is -0.525. The van der Waals surface area contributed by atoms with Gasteiger partial charge in [0.2, 0.25) is 0 Å². The van der Waals surface area contributed by atoms with Crippen LogP contribution in [0.15, 0.2) is 18.2 Å². The maximum Gasteiger partial charge on any atom is 0.129 e. The fourth-order valence-electron chi connectivity index (χ4n) is 3.59. The molecule has 3 unspecified atom stereocenters. The first-order chi connectivity index (χ1) is 8.16. The van der Waals surface area contributed by atoms with E-state index in [1.54, 1.807) is 0 Å². The van der Waals surface area contributed by atoms with Crippen molar-refractivity contribution in [1.29, 1.82) is 0 Å². The molecule has 92 valence electrons. The van der Waals surface area contributed by atoms with Gasteiger partial charge in [0, 0.05) is 12.1 Å². The monoisotopic (exact) mass is 237 g/mol. The maximum absolute atomic E-state index is 13.5. The van der Waals surface area contributed by atoms with E-state index in [4.69, 9.17) is 5.73 Å². The number of hydrogen-bond acceptors (Lipinski definition) is 1. The standard InChI is InChI=1S/C14H17F2N/c15-9-5-4-8(12(16)7-9)6-13(17)14-10-2-1-3-11(10)14/h4-5,7,10-11,13-14H,1-3,6,17H2. The van der Waals surface area contributed by atoms with Gasteiger partial charge in [0.15, 0.2) is 0 Å². The van der Waals surface area contributed by atoms with E-state index in [1.165, 1.54) is 31.4 Å². The van der Waals surface area contributed by atoms with E-state index in [0.29, 0.717) is 17.9 Å². The smallest absolute Gasteiger partial charge is 0.129 e. The molecule has 2 N–H and O–H groups in total. The molecule has 2 fully saturated rings. The molecule has 0 spiro atoms. The largest absolute Gasteiger partial charge is 0.327 e. The predicted molar refractivity (Wildman–Crippen MR) is 62.4 cm³/mol. The first kappa shape index (κ1) is 11.1. The van der Waals surface area contributed by atoms with Crippen LogP contribution in [-0.2, 0) is 6.42 Å². The summed E-state index contributed by atoms with van der Waals surface area (Å²) in [6.07, 6.45) is 4.43. The van der Waals surface area contributed by atoms with Crippen molar-refractivity contribution in [3.63, 3.8) is 0 Å². The zero-order valence-corrected chi connectivity index (χ0v) is 9.70. The van der Waals surface area contributed by atoms with Gasteiger partial charge >= 0.3 is 0 Å². The Balaban J connectivity index is 1.66.